The molecule has 3 amide bonds. The van der Waals surface area contributed by atoms with Crippen LogP contribution in [0, 0.1) is 11.8 Å². The Morgan fingerprint density at radius 1 is 1.14 bits per heavy atom. The Hall–Kier alpha value is -2.66. The zero-order valence-corrected chi connectivity index (χ0v) is 26.3. The largest absolute Gasteiger partial charge is 0.394 e. The highest BCUT2D eigenvalue weighted by molar-refractivity contribution is 8.02. The van der Waals surface area contributed by atoms with E-state index < -0.39 is 33.4 Å². The smallest absolute Gasteiger partial charge is 0.247 e. The molecule has 4 heterocycles. The molecule has 0 aromatic heterocycles. The zero-order valence-electron chi connectivity index (χ0n) is 25.5. The molecule has 10 heteroatoms. The van der Waals surface area contributed by atoms with Gasteiger partial charge in [0.15, 0.2) is 0 Å². The first-order valence-electron chi connectivity index (χ1n) is 15.4. The average molecular weight is 611 g/mol. The molecule has 2 bridgehead atoms. The van der Waals surface area contributed by atoms with Crippen LogP contribution >= 0.6 is 11.8 Å². The van der Waals surface area contributed by atoms with Gasteiger partial charge >= 0.3 is 0 Å². The number of amides is 3. The van der Waals surface area contributed by atoms with E-state index in [-0.39, 0.29) is 24.3 Å². The highest BCUT2D eigenvalue weighted by Crippen LogP contribution is 2.71. The maximum Gasteiger partial charge on any atom is 0.247 e. The van der Waals surface area contributed by atoms with Crippen molar-refractivity contribution in [3.8, 4) is 0 Å². The number of hydrogen-bond acceptors (Lipinski definition) is 7. The average Bonchev–Trinajstić information content (AvgIpc) is 3.59. The summed E-state index contributed by atoms with van der Waals surface area (Å²) in [5.41, 5.74) is 0.979. The van der Waals surface area contributed by atoms with Crippen LogP contribution in [0.5, 0.6) is 0 Å². The summed E-state index contributed by atoms with van der Waals surface area (Å²) in [6.07, 6.45) is 5.26. The van der Waals surface area contributed by atoms with Crippen molar-refractivity contribution in [2.75, 3.05) is 66.1 Å². The van der Waals surface area contributed by atoms with Crippen molar-refractivity contribution in [2.45, 2.75) is 47.8 Å². The number of likely N-dealkylation sites (N-methyl/N-ethyl adjacent to an activating group) is 1. The molecule has 9 nitrogen and oxygen atoms in total. The minimum atomic E-state index is -0.787. The first-order chi connectivity index (χ1) is 20.7. The van der Waals surface area contributed by atoms with E-state index >= 15 is 0 Å². The van der Waals surface area contributed by atoms with E-state index in [9.17, 15) is 19.5 Å². The van der Waals surface area contributed by atoms with Gasteiger partial charge in [-0.05, 0) is 31.7 Å². The molecule has 0 saturated carbocycles. The van der Waals surface area contributed by atoms with Crippen molar-refractivity contribution in [1.29, 1.82) is 0 Å². The van der Waals surface area contributed by atoms with Gasteiger partial charge < -0.3 is 24.5 Å². The van der Waals surface area contributed by atoms with E-state index in [4.69, 9.17) is 4.74 Å². The summed E-state index contributed by atoms with van der Waals surface area (Å²) >= 11 is 1.67. The van der Waals surface area contributed by atoms with Gasteiger partial charge in [0.2, 0.25) is 17.7 Å². The first kappa shape index (κ1) is 31.8. The van der Waals surface area contributed by atoms with Crippen molar-refractivity contribution in [3.63, 3.8) is 0 Å². The minimum absolute atomic E-state index is 0.0817. The lowest BCUT2D eigenvalue weighted by Crippen LogP contribution is -2.58. The topological polar surface area (TPSA) is 93.6 Å². The Kier molecular flexibility index (Phi) is 9.70. The van der Waals surface area contributed by atoms with Gasteiger partial charge in [0.1, 0.15) is 6.04 Å². The minimum Gasteiger partial charge on any atom is -0.394 e. The van der Waals surface area contributed by atoms with E-state index in [2.05, 4.69) is 25.0 Å². The molecule has 2 unspecified atom stereocenters. The first-order valence-corrected chi connectivity index (χ1v) is 16.2. The Bertz CT molecular complexity index is 1210. The van der Waals surface area contributed by atoms with Crippen LogP contribution in [0.3, 0.4) is 0 Å². The molecule has 0 aliphatic carbocycles. The lowest BCUT2D eigenvalue weighted by atomic mass is 9.66. The third-order valence-electron chi connectivity index (χ3n) is 9.86. The number of morpholine rings is 1. The van der Waals surface area contributed by atoms with Gasteiger partial charge in [0.25, 0.3) is 0 Å². The summed E-state index contributed by atoms with van der Waals surface area (Å²) in [6.45, 7) is 14.5. The summed E-state index contributed by atoms with van der Waals surface area (Å²) in [5, 5.41) is 10.7. The lowest BCUT2D eigenvalue weighted by molar-refractivity contribution is -0.147. The van der Waals surface area contributed by atoms with Gasteiger partial charge in [-0.2, -0.15) is 0 Å². The van der Waals surface area contributed by atoms with Crippen LogP contribution in [0.2, 0.25) is 0 Å². The maximum absolute atomic E-state index is 14.8. The van der Waals surface area contributed by atoms with Crippen molar-refractivity contribution < 1.29 is 24.2 Å². The summed E-state index contributed by atoms with van der Waals surface area (Å²) in [7, 11) is 1.75. The fourth-order valence-electron chi connectivity index (χ4n) is 7.78. The van der Waals surface area contributed by atoms with Gasteiger partial charge in [0, 0.05) is 51.1 Å². The second kappa shape index (κ2) is 13.1. The molecular formula is C33H46N4O5S. The Labute approximate surface area is 259 Å². The molecule has 6 atom stereocenters. The number of aliphatic hydroxyl groups is 1. The number of ether oxygens (including phenoxy) is 1. The summed E-state index contributed by atoms with van der Waals surface area (Å²) < 4.78 is 4.30. The molecule has 1 aromatic carbocycles. The molecule has 1 spiro atoms. The number of aliphatic hydroxyl groups excluding tert-OH is 1. The van der Waals surface area contributed by atoms with Crippen LogP contribution in [0.1, 0.15) is 25.3 Å². The SMILES string of the molecule is C=CCN(C)C(=O)[C@H]1[C@H]2C(=O)N([C@@H](CO)Cc3ccccc3)C(C(=O)N(CC=C)CCN3CCOCC3)C23CC[C@]1(C)S3. The van der Waals surface area contributed by atoms with Crippen LogP contribution in [0.25, 0.3) is 0 Å². The van der Waals surface area contributed by atoms with Gasteiger partial charge in [-0.1, -0.05) is 42.5 Å². The third kappa shape index (κ3) is 5.79. The quantitative estimate of drug-likeness (QED) is 0.342. The predicted octanol–water partition coefficient (Wildman–Crippen LogP) is 2.06. The molecule has 4 aliphatic heterocycles. The molecule has 1 aromatic rings. The van der Waals surface area contributed by atoms with Crippen molar-refractivity contribution >= 4 is 29.5 Å². The zero-order chi connectivity index (χ0) is 30.8. The van der Waals surface area contributed by atoms with Gasteiger partial charge in [-0.15, -0.1) is 24.9 Å². The number of fused-ring (bicyclic) bond motifs is 1. The predicted molar refractivity (Wildman–Crippen MR) is 168 cm³/mol. The monoisotopic (exact) mass is 610 g/mol. The number of nitrogens with zero attached hydrogens (tertiary/aromatic N) is 4. The molecule has 0 radical (unpaired) electrons. The van der Waals surface area contributed by atoms with E-state index in [1.807, 2.05) is 35.2 Å². The number of hydrogen-bond donors (Lipinski definition) is 1. The Morgan fingerprint density at radius 3 is 2.49 bits per heavy atom. The number of benzene rings is 1. The van der Waals surface area contributed by atoms with Crippen molar-refractivity contribution in [3.05, 3.63) is 61.2 Å². The van der Waals surface area contributed by atoms with Crippen LogP contribution in [-0.2, 0) is 25.5 Å². The summed E-state index contributed by atoms with van der Waals surface area (Å²) in [5.74, 6) is -1.59. The lowest BCUT2D eigenvalue weighted by Gasteiger charge is -2.40. The van der Waals surface area contributed by atoms with E-state index in [0.717, 1.165) is 25.1 Å². The number of carbonyl (C=O) groups is 3. The fourth-order valence-corrected chi connectivity index (χ4v) is 10.1. The molecule has 4 aliphatic rings. The third-order valence-corrected chi connectivity index (χ3v) is 11.8. The molecular weight excluding hydrogens is 564 g/mol. The van der Waals surface area contributed by atoms with Crippen LogP contribution in [0.4, 0.5) is 0 Å². The fraction of sp³-hybridized carbons (Fsp3) is 0.606. The molecule has 234 valence electrons. The van der Waals surface area contributed by atoms with E-state index in [1.165, 1.54) is 0 Å². The van der Waals surface area contributed by atoms with E-state index in [0.29, 0.717) is 52.2 Å². The van der Waals surface area contributed by atoms with Gasteiger partial charge in [0.05, 0.1) is 42.4 Å². The van der Waals surface area contributed by atoms with Crippen molar-refractivity contribution in [1.82, 2.24) is 19.6 Å². The standard InChI is InChI=1S/C33H46N4O5S/c1-5-14-34(4)29(39)26-27-30(40)37(25(23-38)22-24-10-8-7-9-11-24)28(33(27)13-12-32(26,3)43-33)31(41)36(15-6-2)17-16-35-18-20-42-21-19-35/h5-11,25-28,38H,1-2,12-23H2,3-4H3/t25-,26-,27+,28?,32+,33?/m1/s1. The number of likely N-dealkylation sites (tertiary alicyclic amines) is 1. The maximum atomic E-state index is 14.8. The summed E-state index contributed by atoms with van der Waals surface area (Å²) in [6, 6.07) is 8.37. The Balaban J connectivity index is 1.53. The number of thioether (sulfide) groups is 1. The molecule has 5 rings (SSSR count). The van der Waals surface area contributed by atoms with Crippen LogP contribution in [0.15, 0.2) is 55.6 Å². The highest BCUT2D eigenvalue weighted by Gasteiger charge is 2.78. The molecule has 4 fully saturated rings. The number of carbonyl (C=O) groups excluding carboxylic acids is 3. The molecule has 43 heavy (non-hydrogen) atoms. The number of rotatable bonds is 13. The van der Waals surface area contributed by atoms with Crippen LogP contribution < -0.4 is 0 Å². The summed E-state index contributed by atoms with van der Waals surface area (Å²) in [4.78, 5) is 50.9. The van der Waals surface area contributed by atoms with Gasteiger partial charge in [-0.25, -0.2) is 0 Å². The molecule has 1 N–H and O–H groups in total. The van der Waals surface area contributed by atoms with Crippen LogP contribution in [-0.4, -0.2) is 130 Å². The normalized spacial score (nSPS) is 30.6. The van der Waals surface area contributed by atoms with E-state index in [1.54, 1.807) is 40.8 Å². The van der Waals surface area contributed by atoms with Gasteiger partial charge in [-0.3, -0.25) is 19.3 Å². The van der Waals surface area contributed by atoms with Crippen molar-refractivity contribution in [2.24, 2.45) is 11.8 Å². The second-order valence-electron chi connectivity index (χ2n) is 12.5. The highest BCUT2D eigenvalue weighted by atomic mass is 32.2. The second-order valence-corrected chi connectivity index (χ2v) is 14.4. The Morgan fingerprint density at radius 2 is 1.84 bits per heavy atom. The molecule has 4 saturated heterocycles.